The number of hydrogen-bond acceptors (Lipinski definition) is 10. The van der Waals surface area contributed by atoms with Gasteiger partial charge >= 0.3 is 5.97 Å². The molecule has 1 aliphatic carbocycles. The normalized spacial score (nSPS) is 47.1. The number of carboxylic acids is 1. The van der Waals surface area contributed by atoms with Crippen molar-refractivity contribution >= 4 is 11.8 Å². The minimum atomic E-state index is -1.70. The molecule has 3 rings (SSSR count). The third kappa shape index (κ3) is 3.79. The Hall–Kier alpha value is -1.60. The van der Waals surface area contributed by atoms with Gasteiger partial charge in [0.2, 0.25) is 6.29 Å². The van der Waals surface area contributed by atoms with Crippen molar-refractivity contribution in [3.8, 4) is 0 Å². The summed E-state index contributed by atoms with van der Waals surface area (Å²) in [5.74, 6) is -4.25. The van der Waals surface area contributed by atoms with E-state index in [0.29, 0.717) is 0 Å². The lowest BCUT2D eigenvalue weighted by Gasteiger charge is -2.44. The van der Waals surface area contributed by atoms with Gasteiger partial charge in [-0.3, -0.25) is 4.79 Å². The second-order valence-electron chi connectivity index (χ2n) is 8.05. The van der Waals surface area contributed by atoms with E-state index in [0.717, 1.165) is 6.26 Å². The molecule has 164 valence electrons. The summed E-state index contributed by atoms with van der Waals surface area (Å²) in [6.07, 6.45) is -8.09. The van der Waals surface area contributed by atoms with Crippen LogP contribution in [0.15, 0.2) is 11.8 Å². The van der Waals surface area contributed by atoms with Crippen LogP contribution in [0.25, 0.3) is 0 Å². The summed E-state index contributed by atoms with van der Waals surface area (Å²) in [5, 5.41) is 59.7. The molecule has 6 N–H and O–H groups in total. The monoisotopic (exact) mass is 418 g/mol. The standard InChI is InChI=1S/C18H26O11/c1-6(20)7-3-18(2,26)11-10(7)8(15(24)25)5-27-16(11)29-17-14(23)13(22)12(21)9(4-19)28-17/h5,7,9-14,16-17,19,21-23,26H,3-4H2,1-2H3,(H,24,25)/t7-,9+,10+,11+,12+,13-,14+,16-,17-,18-/m0/s1. The van der Waals surface area contributed by atoms with Crippen LogP contribution >= 0.6 is 0 Å². The van der Waals surface area contributed by atoms with E-state index < -0.39 is 72.9 Å². The molecular weight excluding hydrogens is 392 g/mol. The third-order valence-corrected chi connectivity index (χ3v) is 6.04. The molecule has 0 unspecified atom stereocenters. The first-order valence-corrected chi connectivity index (χ1v) is 9.27. The fourth-order valence-corrected chi connectivity index (χ4v) is 4.54. The van der Waals surface area contributed by atoms with Crippen molar-refractivity contribution in [1.82, 2.24) is 0 Å². The van der Waals surface area contributed by atoms with Crippen LogP contribution in [-0.2, 0) is 23.8 Å². The molecule has 2 heterocycles. The van der Waals surface area contributed by atoms with E-state index in [2.05, 4.69) is 0 Å². The van der Waals surface area contributed by atoms with Crippen molar-refractivity contribution in [2.75, 3.05) is 6.61 Å². The number of carboxylic acid groups (broad SMARTS) is 1. The molecular formula is C18H26O11. The average molecular weight is 418 g/mol. The molecule has 0 aromatic rings. The second kappa shape index (κ2) is 7.91. The zero-order valence-electron chi connectivity index (χ0n) is 15.9. The van der Waals surface area contributed by atoms with E-state index in [-0.39, 0.29) is 17.8 Å². The Bertz CT molecular complexity index is 687. The van der Waals surface area contributed by atoms with Crippen LogP contribution in [0.3, 0.4) is 0 Å². The van der Waals surface area contributed by atoms with Gasteiger partial charge in [0, 0.05) is 11.8 Å². The van der Waals surface area contributed by atoms with Gasteiger partial charge in [0.1, 0.15) is 30.2 Å². The van der Waals surface area contributed by atoms with Gasteiger partial charge in [-0.2, -0.15) is 0 Å². The van der Waals surface area contributed by atoms with Gasteiger partial charge in [-0.05, 0) is 20.3 Å². The number of hydrogen-bond donors (Lipinski definition) is 6. The summed E-state index contributed by atoms with van der Waals surface area (Å²) in [5.41, 5.74) is -1.71. The Kier molecular flexibility index (Phi) is 6.03. The summed E-state index contributed by atoms with van der Waals surface area (Å²) < 4.78 is 16.3. The van der Waals surface area contributed by atoms with Gasteiger partial charge < -0.3 is 44.8 Å². The molecule has 1 saturated carbocycles. The van der Waals surface area contributed by atoms with Gasteiger partial charge in [0.05, 0.1) is 30.0 Å². The first kappa shape index (κ1) is 22.1. The van der Waals surface area contributed by atoms with Crippen LogP contribution in [0.5, 0.6) is 0 Å². The minimum absolute atomic E-state index is 0.0137. The number of carbonyl (C=O) groups is 2. The van der Waals surface area contributed by atoms with Crippen molar-refractivity contribution in [2.24, 2.45) is 17.8 Å². The van der Waals surface area contributed by atoms with Crippen LogP contribution in [-0.4, -0.2) is 91.6 Å². The Labute approximate surface area is 166 Å². The summed E-state index contributed by atoms with van der Waals surface area (Å²) in [6, 6.07) is 0. The maximum atomic E-state index is 12.1. The topological polar surface area (TPSA) is 183 Å². The molecule has 0 bridgehead atoms. The number of carbonyl (C=O) groups excluding carboxylic acids is 1. The molecule has 11 nitrogen and oxygen atoms in total. The largest absolute Gasteiger partial charge is 0.478 e. The zero-order chi connectivity index (χ0) is 21.7. The van der Waals surface area contributed by atoms with Crippen molar-refractivity contribution in [1.29, 1.82) is 0 Å². The van der Waals surface area contributed by atoms with Crippen LogP contribution in [0.2, 0.25) is 0 Å². The van der Waals surface area contributed by atoms with Gasteiger partial charge in [-0.25, -0.2) is 4.79 Å². The van der Waals surface area contributed by atoms with E-state index in [9.17, 15) is 40.2 Å². The highest BCUT2D eigenvalue weighted by molar-refractivity contribution is 5.90. The molecule has 1 saturated heterocycles. The quantitative estimate of drug-likeness (QED) is 0.283. The molecule has 10 atom stereocenters. The number of Topliss-reactive ketones (excluding diaryl/α,β-unsaturated/α-hetero) is 1. The predicted molar refractivity (Wildman–Crippen MR) is 91.8 cm³/mol. The summed E-state index contributed by atoms with van der Waals surface area (Å²) in [6.45, 7) is 2.09. The Balaban J connectivity index is 1.90. The zero-order valence-corrected chi connectivity index (χ0v) is 15.9. The van der Waals surface area contributed by atoms with E-state index in [1.165, 1.54) is 13.8 Å². The minimum Gasteiger partial charge on any atom is -0.478 e. The van der Waals surface area contributed by atoms with Gasteiger partial charge in [0.25, 0.3) is 0 Å². The first-order chi connectivity index (χ1) is 13.5. The highest BCUT2D eigenvalue weighted by atomic mass is 16.8. The number of ketones is 1. The molecule has 0 radical (unpaired) electrons. The summed E-state index contributed by atoms with van der Waals surface area (Å²) >= 11 is 0. The molecule has 0 aromatic carbocycles. The Morgan fingerprint density at radius 3 is 2.41 bits per heavy atom. The SMILES string of the molecule is CC(=O)[C@@H]1C[C@](C)(O)[C@H]2[C@H](O[C@@H]3O[C@H](CO)[C@@H](O)[C@H](O)[C@H]3O)OC=C(C(=O)O)[C@H]21. The number of rotatable bonds is 5. The summed E-state index contributed by atoms with van der Waals surface area (Å²) in [4.78, 5) is 23.8. The Morgan fingerprint density at radius 1 is 1.21 bits per heavy atom. The lowest BCUT2D eigenvalue weighted by molar-refractivity contribution is -0.346. The van der Waals surface area contributed by atoms with Crippen molar-refractivity contribution in [3.63, 3.8) is 0 Å². The molecule has 0 spiro atoms. The fraction of sp³-hybridized carbons (Fsp3) is 0.778. The number of aliphatic hydroxyl groups excluding tert-OH is 4. The molecule has 0 amide bonds. The molecule has 3 aliphatic rings. The number of aliphatic carboxylic acids is 1. The maximum Gasteiger partial charge on any atom is 0.335 e. The van der Waals surface area contributed by atoms with Crippen molar-refractivity contribution < 1.29 is 54.4 Å². The molecule has 29 heavy (non-hydrogen) atoms. The van der Waals surface area contributed by atoms with E-state index in [1.54, 1.807) is 0 Å². The molecule has 2 aliphatic heterocycles. The predicted octanol–water partition coefficient (Wildman–Crippen LogP) is -2.28. The smallest absolute Gasteiger partial charge is 0.335 e. The Morgan fingerprint density at radius 2 is 1.86 bits per heavy atom. The van der Waals surface area contributed by atoms with E-state index in [1.807, 2.05) is 0 Å². The number of aliphatic hydroxyl groups is 5. The molecule has 11 heteroatoms. The van der Waals surface area contributed by atoms with Crippen LogP contribution in [0, 0.1) is 17.8 Å². The lowest BCUT2D eigenvalue weighted by atomic mass is 9.78. The number of fused-ring (bicyclic) bond motifs is 1. The number of ether oxygens (including phenoxy) is 3. The lowest BCUT2D eigenvalue weighted by Crippen LogP contribution is -2.60. The van der Waals surface area contributed by atoms with Crippen molar-refractivity contribution in [3.05, 3.63) is 11.8 Å². The van der Waals surface area contributed by atoms with E-state index >= 15 is 0 Å². The fourth-order valence-electron chi connectivity index (χ4n) is 4.54. The van der Waals surface area contributed by atoms with Crippen LogP contribution < -0.4 is 0 Å². The van der Waals surface area contributed by atoms with Gasteiger partial charge in [-0.1, -0.05) is 0 Å². The summed E-state index contributed by atoms with van der Waals surface area (Å²) in [7, 11) is 0. The third-order valence-electron chi connectivity index (χ3n) is 6.04. The van der Waals surface area contributed by atoms with Crippen LogP contribution in [0.4, 0.5) is 0 Å². The van der Waals surface area contributed by atoms with E-state index in [4.69, 9.17) is 14.2 Å². The maximum absolute atomic E-state index is 12.1. The highest BCUT2D eigenvalue weighted by Gasteiger charge is 2.60. The highest BCUT2D eigenvalue weighted by Crippen LogP contribution is 2.52. The van der Waals surface area contributed by atoms with Crippen molar-refractivity contribution in [2.45, 2.75) is 62.9 Å². The van der Waals surface area contributed by atoms with Gasteiger partial charge in [-0.15, -0.1) is 0 Å². The average Bonchev–Trinajstić information content (AvgIpc) is 2.94. The molecule has 0 aromatic heterocycles. The first-order valence-electron chi connectivity index (χ1n) is 9.27. The molecule has 2 fully saturated rings. The second-order valence-corrected chi connectivity index (χ2v) is 8.05. The van der Waals surface area contributed by atoms with Gasteiger partial charge in [0.15, 0.2) is 6.29 Å². The van der Waals surface area contributed by atoms with Crippen LogP contribution in [0.1, 0.15) is 20.3 Å².